The second-order valence-corrected chi connectivity index (χ2v) is 7.95. The Bertz CT molecular complexity index is 698. The summed E-state index contributed by atoms with van der Waals surface area (Å²) in [4.78, 5) is 8.68. The molecule has 0 aliphatic carbocycles. The van der Waals surface area contributed by atoms with Gasteiger partial charge in [0.25, 0.3) is 10.0 Å². The fourth-order valence-electron chi connectivity index (χ4n) is 2.36. The van der Waals surface area contributed by atoms with E-state index in [4.69, 9.17) is 0 Å². The van der Waals surface area contributed by atoms with Crippen LogP contribution in [0.1, 0.15) is 23.9 Å². The van der Waals surface area contributed by atoms with Gasteiger partial charge in [0.15, 0.2) is 0 Å². The summed E-state index contributed by atoms with van der Waals surface area (Å²) in [7, 11) is -3.35. The van der Waals surface area contributed by atoms with Crippen LogP contribution in [0.25, 0.3) is 0 Å². The Morgan fingerprint density at radius 2 is 2.25 bits per heavy atom. The minimum atomic E-state index is -3.35. The Labute approximate surface area is 122 Å². The summed E-state index contributed by atoms with van der Waals surface area (Å²) in [6, 6.07) is 5.25. The number of rotatable bonds is 3. The first-order chi connectivity index (χ1) is 9.57. The molecule has 1 fully saturated rings. The van der Waals surface area contributed by atoms with Crippen molar-refractivity contribution in [1.29, 1.82) is 0 Å². The third-order valence-electron chi connectivity index (χ3n) is 3.42. The van der Waals surface area contributed by atoms with Crippen molar-refractivity contribution in [2.75, 3.05) is 13.1 Å². The van der Waals surface area contributed by atoms with E-state index in [1.54, 1.807) is 23.7 Å². The van der Waals surface area contributed by atoms with Crippen LogP contribution in [0.4, 0.5) is 0 Å². The minimum Gasteiger partial charge on any atom is -0.241 e. The molecule has 106 valence electrons. The molecular formula is C13H15N3O2S2. The lowest BCUT2D eigenvalue weighted by Gasteiger charge is -2.15. The van der Waals surface area contributed by atoms with Crippen molar-refractivity contribution in [2.45, 2.75) is 23.5 Å². The van der Waals surface area contributed by atoms with Crippen molar-refractivity contribution in [1.82, 2.24) is 14.3 Å². The molecule has 1 atom stereocenters. The van der Waals surface area contributed by atoms with Crippen LogP contribution in [0, 0.1) is 6.92 Å². The molecule has 0 radical (unpaired) electrons. The second-order valence-electron chi connectivity index (χ2n) is 4.84. The molecule has 1 unspecified atom stereocenters. The second kappa shape index (κ2) is 5.23. The highest BCUT2D eigenvalue weighted by atomic mass is 32.2. The lowest BCUT2D eigenvalue weighted by atomic mass is 10.1. The predicted octanol–water partition coefficient (Wildman–Crippen LogP) is 2.02. The van der Waals surface area contributed by atoms with Crippen LogP contribution < -0.4 is 0 Å². The van der Waals surface area contributed by atoms with E-state index in [9.17, 15) is 8.42 Å². The number of hydrogen-bond acceptors (Lipinski definition) is 5. The summed E-state index contributed by atoms with van der Waals surface area (Å²) in [5, 5.41) is 1.78. The van der Waals surface area contributed by atoms with E-state index in [0.717, 1.165) is 17.9 Å². The highest BCUT2D eigenvalue weighted by molar-refractivity contribution is 7.91. The summed E-state index contributed by atoms with van der Waals surface area (Å²) in [6.45, 7) is 2.91. The van der Waals surface area contributed by atoms with Crippen LogP contribution in [-0.4, -0.2) is 35.8 Å². The number of nitrogens with zero attached hydrogens (tertiary/aromatic N) is 3. The van der Waals surface area contributed by atoms with Crippen molar-refractivity contribution in [2.24, 2.45) is 0 Å². The fourth-order valence-corrected chi connectivity index (χ4v) is 5.00. The Morgan fingerprint density at radius 3 is 2.95 bits per heavy atom. The van der Waals surface area contributed by atoms with Crippen LogP contribution >= 0.6 is 11.3 Å². The van der Waals surface area contributed by atoms with Gasteiger partial charge in [-0.1, -0.05) is 6.07 Å². The standard InChI is InChI=1S/C13H15N3O2S2/c1-10-4-6-14-13(15-10)11-5-7-16(9-11)20(17,18)12-3-2-8-19-12/h2-4,6,8,11H,5,7,9H2,1H3. The maximum atomic E-state index is 12.4. The van der Waals surface area contributed by atoms with Crippen LogP contribution in [0.3, 0.4) is 0 Å². The van der Waals surface area contributed by atoms with Crippen LogP contribution in [0.2, 0.25) is 0 Å². The molecule has 7 heteroatoms. The number of thiophene rings is 1. The van der Waals surface area contributed by atoms with Crippen LogP contribution in [0.15, 0.2) is 34.0 Å². The summed E-state index contributed by atoms with van der Waals surface area (Å²) >= 11 is 1.26. The van der Waals surface area contributed by atoms with Gasteiger partial charge in [-0.2, -0.15) is 4.31 Å². The van der Waals surface area contributed by atoms with E-state index >= 15 is 0 Å². The number of sulfonamides is 1. The normalized spacial score (nSPS) is 20.4. The maximum Gasteiger partial charge on any atom is 0.252 e. The molecule has 0 amide bonds. The van der Waals surface area contributed by atoms with Gasteiger partial charge in [-0.25, -0.2) is 18.4 Å². The minimum absolute atomic E-state index is 0.0876. The van der Waals surface area contributed by atoms with Gasteiger partial charge in [-0.3, -0.25) is 0 Å². The molecule has 0 saturated carbocycles. The van der Waals surface area contributed by atoms with Crippen LogP contribution in [0.5, 0.6) is 0 Å². The molecule has 2 aromatic rings. The third-order valence-corrected chi connectivity index (χ3v) is 6.66. The van der Waals surface area contributed by atoms with Crippen molar-refractivity contribution in [3.8, 4) is 0 Å². The van der Waals surface area contributed by atoms with E-state index in [1.165, 1.54) is 15.6 Å². The average Bonchev–Trinajstić information content (AvgIpc) is 3.11. The van der Waals surface area contributed by atoms with E-state index in [1.807, 2.05) is 13.0 Å². The van der Waals surface area contributed by atoms with Gasteiger partial charge in [0.05, 0.1) is 0 Å². The first kappa shape index (κ1) is 13.7. The topological polar surface area (TPSA) is 63.2 Å². The molecule has 1 aliphatic heterocycles. The quantitative estimate of drug-likeness (QED) is 0.870. The van der Waals surface area contributed by atoms with E-state index < -0.39 is 10.0 Å². The summed E-state index contributed by atoms with van der Waals surface area (Å²) in [6.07, 6.45) is 2.50. The highest BCUT2D eigenvalue weighted by Crippen LogP contribution is 2.30. The summed E-state index contributed by atoms with van der Waals surface area (Å²) in [5.41, 5.74) is 0.912. The Balaban J connectivity index is 1.81. The molecule has 3 heterocycles. The van der Waals surface area contributed by atoms with E-state index in [0.29, 0.717) is 17.3 Å². The zero-order chi connectivity index (χ0) is 14.2. The maximum absolute atomic E-state index is 12.4. The zero-order valence-electron chi connectivity index (χ0n) is 11.1. The molecule has 1 aliphatic rings. The van der Waals surface area contributed by atoms with Gasteiger partial charge in [-0.15, -0.1) is 11.3 Å². The molecular weight excluding hydrogens is 294 g/mol. The molecule has 5 nitrogen and oxygen atoms in total. The summed E-state index contributed by atoms with van der Waals surface area (Å²) < 4.78 is 26.8. The number of aryl methyl sites for hydroxylation is 1. The predicted molar refractivity (Wildman–Crippen MR) is 77.2 cm³/mol. The van der Waals surface area contributed by atoms with Gasteiger partial charge in [0.2, 0.25) is 0 Å². The SMILES string of the molecule is Cc1ccnc(C2CCN(S(=O)(=O)c3cccs3)C2)n1. The van der Waals surface area contributed by atoms with Gasteiger partial charge < -0.3 is 0 Å². The van der Waals surface area contributed by atoms with Crippen molar-refractivity contribution < 1.29 is 8.42 Å². The van der Waals surface area contributed by atoms with Gasteiger partial charge in [0, 0.05) is 30.9 Å². The molecule has 0 aromatic carbocycles. The van der Waals surface area contributed by atoms with Crippen LogP contribution in [-0.2, 0) is 10.0 Å². The van der Waals surface area contributed by atoms with E-state index in [-0.39, 0.29) is 5.92 Å². The smallest absolute Gasteiger partial charge is 0.241 e. The van der Waals surface area contributed by atoms with Gasteiger partial charge in [-0.05, 0) is 30.9 Å². The molecule has 1 saturated heterocycles. The Hall–Kier alpha value is -1.31. The molecule has 0 bridgehead atoms. The molecule has 20 heavy (non-hydrogen) atoms. The lowest BCUT2D eigenvalue weighted by Crippen LogP contribution is -2.28. The van der Waals surface area contributed by atoms with E-state index in [2.05, 4.69) is 9.97 Å². The Kier molecular flexibility index (Phi) is 3.57. The molecule has 0 spiro atoms. The zero-order valence-corrected chi connectivity index (χ0v) is 12.7. The largest absolute Gasteiger partial charge is 0.252 e. The first-order valence-electron chi connectivity index (χ1n) is 6.40. The fraction of sp³-hybridized carbons (Fsp3) is 0.385. The molecule has 0 N–H and O–H groups in total. The number of aromatic nitrogens is 2. The highest BCUT2D eigenvalue weighted by Gasteiger charge is 2.34. The third kappa shape index (κ3) is 2.48. The first-order valence-corrected chi connectivity index (χ1v) is 8.72. The monoisotopic (exact) mass is 309 g/mol. The molecule has 2 aromatic heterocycles. The van der Waals surface area contributed by atoms with Gasteiger partial charge in [0.1, 0.15) is 10.0 Å². The Morgan fingerprint density at radius 1 is 1.40 bits per heavy atom. The van der Waals surface area contributed by atoms with Gasteiger partial charge >= 0.3 is 0 Å². The molecule has 3 rings (SSSR count). The van der Waals surface area contributed by atoms with Crippen molar-refractivity contribution in [3.63, 3.8) is 0 Å². The van der Waals surface area contributed by atoms with Crippen molar-refractivity contribution in [3.05, 3.63) is 41.3 Å². The average molecular weight is 309 g/mol. The summed E-state index contributed by atoms with van der Waals surface area (Å²) in [5.74, 6) is 0.832. The lowest BCUT2D eigenvalue weighted by molar-refractivity contribution is 0.473. The number of hydrogen-bond donors (Lipinski definition) is 0. The van der Waals surface area contributed by atoms with Crippen molar-refractivity contribution >= 4 is 21.4 Å².